The van der Waals surface area contributed by atoms with Gasteiger partial charge in [-0.05, 0) is 203 Å². The van der Waals surface area contributed by atoms with E-state index in [0.717, 1.165) is 127 Å². The van der Waals surface area contributed by atoms with E-state index in [1.165, 1.54) is 0 Å². The summed E-state index contributed by atoms with van der Waals surface area (Å²) in [5, 5.41) is 12.9. The molecule has 1 aliphatic heterocycles. The molecule has 18 nitrogen and oxygen atoms in total. The third-order valence-electron chi connectivity index (χ3n) is 18.8. The summed E-state index contributed by atoms with van der Waals surface area (Å²) in [5.41, 5.74) is 35.9. The first-order valence-corrected chi connectivity index (χ1v) is 35.5. The second-order valence-electron chi connectivity index (χ2n) is 26.6. The second-order valence-corrected chi connectivity index (χ2v) is 27.0. The summed E-state index contributed by atoms with van der Waals surface area (Å²) in [7, 11) is -0.537. The number of halogens is 1. The Morgan fingerprint density at radius 2 is 0.869 bits per heavy atom. The number of hydrogen-bond donors (Lipinski definition) is 4. The van der Waals surface area contributed by atoms with Gasteiger partial charge in [0.2, 0.25) is 0 Å². The maximum absolute atomic E-state index is 12.0. The van der Waals surface area contributed by atoms with Gasteiger partial charge in [-0.1, -0.05) is 121 Å². The van der Waals surface area contributed by atoms with Gasteiger partial charge < -0.3 is 74.0 Å². The Balaban J connectivity index is 0.000000188. The Morgan fingerprint density at radius 1 is 0.486 bits per heavy atom. The first kappa shape index (κ1) is 82.8. The fourth-order valence-corrected chi connectivity index (χ4v) is 12.7. The Morgan fingerprint density at radius 3 is 1.30 bits per heavy atom. The topological polar surface area (TPSA) is 284 Å². The molecule has 107 heavy (non-hydrogen) atoms. The van der Waals surface area contributed by atoms with Crippen molar-refractivity contribution in [2.45, 2.75) is 139 Å². The largest absolute Gasteiger partial charge is 1.00 e. The summed E-state index contributed by atoms with van der Waals surface area (Å²) in [4.78, 5) is 35.0. The minimum absolute atomic E-state index is 0. The van der Waals surface area contributed by atoms with Crippen LogP contribution in [-0.2, 0) is 85.3 Å². The van der Waals surface area contributed by atoms with Gasteiger partial charge in [-0.3, -0.25) is 14.4 Å². The summed E-state index contributed by atoms with van der Waals surface area (Å²) in [6.45, 7) is 22.6. The molecule has 8 N–H and O–H groups in total. The number of aliphatic carboxylic acids is 1. The minimum atomic E-state index is -0.886. The predicted octanol–water partition coefficient (Wildman–Crippen LogP) is 14.5. The molecule has 9 aromatic carbocycles. The van der Waals surface area contributed by atoms with Crippen LogP contribution in [0.4, 0.5) is 0 Å². The molecule has 1 aliphatic rings. The van der Waals surface area contributed by atoms with E-state index in [9.17, 15) is 14.4 Å². The van der Waals surface area contributed by atoms with Gasteiger partial charge in [0.1, 0.15) is 53.8 Å². The first-order chi connectivity index (χ1) is 50.5. The van der Waals surface area contributed by atoms with Crippen LogP contribution in [0.2, 0.25) is 5.02 Å². The molecule has 0 radical (unpaired) electrons. The van der Waals surface area contributed by atoms with Crippen molar-refractivity contribution in [2.75, 3.05) is 13.2 Å². The number of rotatable bonds is 23. The number of furan rings is 3. The van der Waals surface area contributed by atoms with Gasteiger partial charge in [-0.15, -0.1) is 0 Å². The van der Waals surface area contributed by atoms with Crippen molar-refractivity contribution in [1.29, 1.82) is 0 Å². The Kier molecular flexibility index (Phi) is 29.5. The molecule has 1 saturated heterocycles. The average Bonchev–Trinajstić information content (AvgIpc) is 1.63. The van der Waals surface area contributed by atoms with Gasteiger partial charge in [0.05, 0.1) is 62.5 Å². The minimum Gasteiger partial charge on any atom is -0.870 e. The molecule has 13 rings (SSSR count). The van der Waals surface area contributed by atoms with E-state index < -0.39 is 24.3 Å². The van der Waals surface area contributed by atoms with Crippen LogP contribution in [0.3, 0.4) is 0 Å². The number of carboxylic acid groups (broad SMARTS) is 1. The Bertz CT molecular complexity index is 4990. The average molecular weight is 1460 g/mol. The van der Waals surface area contributed by atoms with Gasteiger partial charge in [0.25, 0.3) is 0 Å². The van der Waals surface area contributed by atoms with Crippen LogP contribution in [-0.4, -0.2) is 60.0 Å². The van der Waals surface area contributed by atoms with E-state index in [1.54, 1.807) is 44.8 Å². The predicted molar refractivity (Wildman–Crippen MR) is 416 cm³/mol. The molecule has 552 valence electrons. The van der Waals surface area contributed by atoms with Crippen molar-refractivity contribution in [3.05, 3.63) is 273 Å². The quantitative estimate of drug-likeness (QED) is 0.0342. The van der Waals surface area contributed by atoms with E-state index in [2.05, 4.69) is 50.2 Å². The van der Waals surface area contributed by atoms with Crippen LogP contribution in [0.15, 0.2) is 214 Å². The van der Waals surface area contributed by atoms with Crippen LogP contribution in [0.1, 0.15) is 121 Å². The zero-order chi connectivity index (χ0) is 75.0. The monoisotopic (exact) mass is 1460 g/mol. The van der Waals surface area contributed by atoms with Gasteiger partial charge in [0.15, 0.2) is 0 Å². The number of fused-ring (bicyclic) bond motifs is 3. The van der Waals surface area contributed by atoms with Gasteiger partial charge >= 0.3 is 43.9 Å². The maximum Gasteiger partial charge on any atom is 1.00 e. The zero-order valence-corrected chi connectivity index (χ0v) is 63.3. The van der Waals surface area contributed by atoms with Gasteiger partial charge in [0, 0.05) is 73.6 Å². The number of hydrogen-bond acceptors (Lipinski definition) is 17. The summed E-state index contributed by atoms with van der Waals surface area (Å²) < 4.78 is 58.3. The number of nitrogens with two attached hydrogens (primary N) is 3. The van der Waals surface area contributed by atoms with E-state index in [4.69, 9.17) is 80.2 Å². The number of carboxylic acids is 1. The van der Waals surface area contributed by atoms with E-state index in [-0.39, 0.29) is 61.6 Å². The number of esters is 2. The fourth-order valence-electron chi connectivity index (χ4n) is 12.5. The molecule has 1 atom stereocenters. The van der Waals surface area contributed by atoms with Crippen molar-refractivity contribution in [2.24, 2.45) is 17.2 Å². The van der Waals surface area contributed by atoms with Crippen molar-refractivity contribution in [3.63, 3.8) is 0 Å². The van der Waals surface area contributed by atoms with Crippen LogP contribution in [0.5, 0.6) is 17.2 Å². The maximum atomic E-state index is 12.0. The second kappa shape index (κ2) is 38.1. The molecular weight excluding hydrogens is 1370 g/mol. The summed E-state index contributed by atoms with van der Waals surface area (Å²) in [6.07, 6.45) is 5.33. The molecule has 0 saturated carbocycles. The third-order valence-corrected chi connectivity index (χ3v) is 19.2. The molecule has 1 fully saturated rings. The molecule has 0 unspecified atom stereocenters. The summed E-state index contributed by atoms with van der Waals surface area (Å²) in [6, 6.07) is 58.4. The molecular formula is C86H92BClLiN3O15. The van der Waals surface area contributed by atoms with Crippen LogP contribution in [0, 0.1) is 20.8 Å². The van der Waals surface area contributed by atoms with Gasteiger partial charge in [-0.2, -0.15) is 0 Å². The van der Waals surface area contributed by atoms with Crippen molar-refractivity contribution >= 4 is 75.0 Å². The number of benzene rings is 9. The van der Waals surface area contributed by atoms with E-state index in [1.807, 2.05) is 175 Å². The Hall–Kier alpha value is -9.88. The standard InChI is InChI=1S/C28H29NO4.C25H29BO6.C25H23NO4.C8H10ClN.Li.H2O/c1-4-31-27(30)16-21-8-5-6-11-26(21)33-17-20-14-22-12-13-32-28(22)25(15-20)24-10-7-9-23(18(24)2)19(3)29;1-6-28-22(27)15-18-9-7-8-10-21(18)30-16-17-13-19-11-12-29-23(19)20(14-17)26-31-24(2,3)25(4,5)32-26;1-16-20(14-26)6-4-7-21(16)22-12-17(11-19-9-10-29-25(19)22)15-30-23-8-3-2-5-18(23)13-24(27)28;1-6-7(5-10)3-2-4-8(6)9;;/h5-15,19H,4,16-17,29H2,1-3H3;7-14H,6,15-16H2,1-5H3;2-12H,13-15,26H2,1H3,(H,27,28);2-4H,5,10H2,1H3;;1H2/q;;;;+1;/p-1/t19-;;;;;/m1...../s1. The van der Waals surface area contributed by atoms with Crippen LogP contribution < -0.4 is 55.7 Å². The normalized spacial score (nSPS) is 12.8. The zero-order valence-electron chi connectivity index (χ0n) is 62.6. The fraction of sp³-hybridized carbons (Fsp3) is 0.267. The molecule has 0 spiro atoms. The summed E-state index contributed by atoms with van der Waals surface area (Å²) >= 11 is 5.84. The van der Waals surface area contributed by atoms with Crippen molar-refractivity contribution in [1.82, 2.24) is 0 Å². The van der Waals surface area contributed by atoms with Crippen LogP contribution >= 0.6 is 11.6 Å². The van der Waals surface area contributed by atoms with E-state index >= 15 is 0 Å². The molecule has 21 heteroatoms. The number of ether oxygens (including phenoxy) is 5. The van der Waals surface area contributed by atoms with Crippen molar-refractivity contribution < 1.29 is 90.1 Å². The van der Waals surface area contributed by atoms with E-state index in [0.29, 0.717) is 68.9 Å². The van der Waals surface area contributed by atoms with Crippen LogP contribution in [0.25, 0.3) is 55.2 Å². The summed E-state index contributed by atoms with van der Waals surface area (Å²) in [5.74, 6) is 0.490. The molecule has 3 aromatic heterocycles. The Labute approximate surface area is 642 Å². The third kappa shape index (κ3) is 20.6. The number of carbonyl (C=O) groups excluding carboxylic acids is 2. The molecule has 0 bridgehead atoms. The first-order valence-electron chi connectivity index (χ1n) is 35.1. The molecule has 0 amide bonds. The molecule has 4 heterocycles. The smallest absolute Gasteiger partial charge is 0.870 e. The molecule has 12 aromatic rings. The SMILES string of the molecule is CCOC(=O)Cc1ccccc1OCc1cc(-c2cccc([C@@H](C)N)c2C)c2occc2c1.CCOC(=O)Cc1ccccc1OCc1cc(B2OC(C)(C)C(C)(C)O2)c2occc2c1.Cc1c(CN)cccc1-c1cc(COc2ccccc2CC(=O)O)cc2ccoc12.Cc1c(Cl)cccc1CN.[Li+].[OH-]. The molecule has 0 aliphatic carbocycles. The number of para-hydroxylation sites is 3. The number of carbonyl (C=O) groups is 3. The van der Waals surface area contributed by atoms with Crippen molar-refractivity contribution in [3.8, 4) is 39.5 Å². The van der Waals surface area contributed by atoms with Gasteiger partial charge in [-0.25, -0.2) is 0 Å².